The normalized spacial score (nSPS) is 26.9. The largest absolute Gasteiger partial charge is 0.405 e. The number of hydrogen-bond donors (Lipinski definition) is 3. The van der Waals surface area contributed by atoms with E-state index in [1.807, 2.05) is 23.5 Å². The smallest absolute Gasteiger partial charge is 0.261 e. The van der Waals surface area contributed by atoms with Crippen LogP contribution in [0.3, 0.4) is 0 Å². The topological polar surface area (TPSA) is 109 Å². The van der Waals surface area contributed by atoms with Crippen molar-refractivity contribution in [2.75, 3.05) is 74.6 Å². The van der Waals surface area contributed by atoms with Gasteiger partial charge in [-0.1, -0.05) is 93.2 Å². The minimum atomic E-state index is -2.60. The van der Waals surface area contributed by atoms with Gasteiger partial charge in [-0.05, 0) is 53.9 Å². The van der Waals surface area contributed by atoms with Gasteiger partial charge in [-0.25, -0.2) is 15.0 Å². The number of hydrogen-bond acceptors (Lipinski definition) is 14. The third-order valence-corrected chi connectivity index (χ3v) is 21.4. The Morgan fingerprint density at radius 3 is 1.45 bits per heavy atom. The number of benzene rings is 2. The van der Waals surface area contributed by atoms with Gasteiger partial charge in [0.15, 0.2) is 23.0 Å². The summed E-state index contributed by atoms with van der Waals surface area (Å²) >= 11 is 5.50. The highest BCUT2D eigenvalue weighted by Crippen LogP contribution is 2.37. The Hall–Kier alpha value is -2.85. The lowest BCUT2D eigenvalue weighted by atomic mass is 10.1. The van der Waals surface area contributed by atoms with E-state index < -0.39 is 8.32 Å². The molecule has 0 spiro atoms. The maximum Gasteiger partial charge on any atom is 0.261 e. The van der Waals surface area contributed by atoms with Crippen molar-refractivity contribution in [3.05, 3.63) is 60.7 Å². The average molecular weight is 890 g/mol. The monoisotopic (exact) mass is 889 g/mol. The number of nitrogens with one attached hydrogen (secondary N) is 3. The first-order valence-corrected chi connectivity index (χ1v) is 27.6. The third kappa shape index (κ3) is 10.7. The molecule has 11 nitrogen and oxygen atoms in total. The second kappa shape index (κ2) is 20.1. The average Bonchev–Trinajstić information content (AvgIpc) is 3.26. The number of guanidine groups is 3. The summed E-state index contributed by atoms with van der Waals surface area (Å²) in [7, 11) is -2.60. The Kier molecular flexibility index (Phi) is 14.7. The van der Waals surface area contributed by atoms with Gasteiger partial charge < -0.3 is 35.1 Å². The summed E-state index contributed by atoms with van der Waals surface area (Å²) in [5.74, 6) is 8.32. The first-order valence-electron chi connectivity index (χ1n) is 22.4. The number of thioether (sulfide) groups is 3. The maximum atomic E-state index is 11.5. The zero-order valence-corrected chi connectivity index (χ0v) is 39.6. The number of nitrogens with zero attached hydrogens (tertiary/aromatic N) is 6. The van der Waals surface area contributed by atoms with Crippen LogP contribution in [0, 0.1) is 0 Å². The minimum absolute atomic E-state index is 0.0462. The molecular weight excluding hydrogens is 823 g/mol. The van der Waals surface area contributed by atoms with Crippen LogP contribution < -0.4 is 26.3 Å². The fourth-order valence-electron chi connectivity index (χ4n) is 9.56. The van der Waals surface area contributed by atoms with E-state index in [-0.39, 0.29) is 16.2 Å². The van der Waals surface area contributed by atoms with Gasteiger partial charge in [-0.3, -0.25) is 4.79 Å². The van der Waals surface area contributed by atoms with Crippen molar-refractivity contribution in [1.29, 1.82) is 0 Å². The first kappa shape index (κ1) is 43.8. The molecule has 0 aliphatic carbocycles. The van der Waals surface area contributed by atoms with E-state index in [2.05, 4.69) is 112 Å². The van der Waals surface area contributed by atoms with Gasteiger partial charge in [0.05, 0.1) is 24.7 Å². The minimum Gasteiger partial charge on any atom is -0.405 e. The van der Waals surface area contributed by atoms with Crippen LogP contribution in [0.15, 0.2) is 75.6 Å². The lowest BCUT2D eigenvalue weighted by Crippen LogP contribution is -2.67. The molecule has 6 aliphatic heterocycles. The molecule has 0 bridgehead atoms. The van der Waals surface area contributed by atoms with E-state index in [0.717, 1.165) is 124 Å². The fraction of sp³-hybridized carbons (Fsp3) is 0.644. The highest BCUT2D eigenvalue weighted by molar-refractivity contribution is 8.13. The Morgan fingerprint density at radius 2 is 1.02 bits per heavy atom. The summed E-state index contributed by atoms with van der Waals surface area (Å²) in [6.45, 7) is 15.7. The van der Waals surface area contributed by atoms with Gasteiger partial charge in [0.1, 0.15) is 0 Å². The molecule has 3 fully saturated rings. The molecule has 2 aromatic carbocycles. The Labute approximate surface area is 372 Å². The van der Waals surface area contributed by atoms with Crippen LogP contribution in [0.25, 0.3) is 0 Å². The first-order chi connectivity index (χ1) is 29.1. The lowest BCUT2D eigenvalue weighted by molar-refractivity contribution is -0.109. The lowest BCUT2D eigenvalue weighted by Gasteiger charge is -2.44. The molecule has 3 N–H and O–H groups in total. The molecule has 326 valence electrons. The van der Waals surface area contributed by atoms with Gasteiger partial charge in [0.25, 0.3) is 8.32 Å². The predicted molar refractivity (Wildman–Crippen MR) is 258 cm³/mol. The maximum absolute atomic E-state index is 11.5. The highest BCUT2D eigenvalue weighted by Gasteiger charge is 2.50. The van der Waals surface area contributed by atoms with E-state index in [1.165, 1.54) is 22.1 Å². The number of carbonyl (C=O) groups excluding carboxylic acids is 1. The fourth-order valence-corrected chi connectivity index (χ4v) is 17.2. The second-order valence-electron chi connectivity index (χ2n) is 18.4. The van der Waals surface area contributed by atoms with Crippen molar-refractivity contribution >= 4 is 77.0 Å². The summed E-state index contributed by atoms with van der Waals surface area (Å²) in [6, 6.07) is 24.0. The Balaban J connectivity index is 0.794. The molecule has 6 heterocycles. The molecule has 0 radical (unpaired) electrons. The van der Waals surface area contributed by atoms with E-state index in [4.69, 9.17) is 19.4 Å². The summed E-state index contributed by atoms with van der Waals surface area (Å²) in [5.41, 5.74) is 0. The zero-order chi connectivity index (χ0) is 41.5. The van der Waals surface area contributed by atoms with Crippen molar-refractivity contribution in [3.8, 4) is 0 Å². The second-order valence-corrected chi connectivity index (χ2v) is 26.0. The van der Waals surface area contributed by atoms with Crippen LogP contribution in [-0.4, -0.2) is 157 Å². The van der Waals surface area contributed by atoms with E-state index in [9.17, 15) is 4.79 Å². The standard InChI is InChI=1S/C45H67N9O2S3Si/c1-33(55)59-32-39-20-26-54-25-19-38(50-44(54)51-39)31-58-30-37-18-24-53-23-17-36(48-43(53)49-37)29-57-28-35-16-22-52-21-15-34(46-42(52)47-35)27-56-60(45(2,3)4,40-11-7-5-8-12-40)41-13-9-6-10-14-41/h5-14,34-39H,15-32H2,1-4H3,(H,46,47)(H,48,49)(H,50,51)/t34-,35-,36-,37-,38-,39-/m1/s1. The molecule has 3 saturated heterocycles. The predicted octanol–water partition coefficient (Wildman–Crippen LogP) is 4.69. The van der Waals surface area contributed by atoms with E-state index >= 15 is 0 Å². The number of rotatable bonds is 15. The Morgan fingerprint density at radius 1 is 0.617 bits per heavy atom. The molecule has 15 heteroatoms. The molecule has 0 unspecified atom stereocenters. The number of aliphatic imine (C=N–C) groups is 3. The van der Waals surface area contributed by atoms with E-state index in [1.54, 1.807) is 6.92 Å². The summed E-state index contributed by atoms with van der Waals surface area (Å²) in [5, 5.41) is 14.1. The summed E-state index contributed by atoms with van der Waals surface area (Å²) in [4.78, 5) is 34.5. The van der Waals surface area contributed by atoms with Crippen LogP contribution in [0.1, 0.15) is 66.2 Å². The van der Waals surface area contributed by atoms with Crippen LogP contribution in [-0.2, 0) is 9.22 Å². The van der Waals surface area contributed by atoms with Crippen LogP contribution in [0.4, 0.5) is 0 Å². The molecule has 0 amide bonds. The molecule has 0 aromatic heterocycles. The van der Waals surface area contributed by atoms with Crippen LogP contribution >= 0.6 is 35.3 Å². The number of carbonyl (C=O) groups is 1. The molecule has 6 atom stereocenters. The quantitative estimate of drug-likeness (QED) is 0.217. The van der Waals surface area contributed by atoms with Gasteiger partial charge in [0, 0.05) is 93.1 Å². The zero-order valence-electron chi connectivity index (χ0n) is 36.2. The van der Waals surface area contributed by atoms with Crippen LogP contribution in [0.5, 0.6) is 0 Å². The molecule has 6 aliphatic rings. The van der Waals surface area contributed by atoms with Crippen molar-refractivity contribution in [2.45, 2.75) is 108 Å². The van der Waals surface area contributed by atoms with Gasteiger partial charge in [-0.2, -0.15) is 23.5 Å². The van der Waals surface area contributed by atoms with Gasteiger partial charge in [-0.15, -0.1) is 0 Å². The van der Waals surface area contributed by atoms with E-state index in [0.29, 0.717) is 36.8 Å². The van der Waals surface area contributed by atoms with Crippen molar-refractivity contribution in [3.63, 3.8) is 0 Å². The SMILES string of the molecule is CC(=O)SC[C@H]1CCN2CC[C@H](CSC[C@H]3CCN4CC[C@H](CSC[C@H]5CCN6CC[C@H](CO[Si](c7ccccc7)(c7ccccc7)C(C)(C)C)N=C6N5)N=C4N3)N=C2N1. The Bertz CT molecular complexity index is 1790. The highest BCUT2D eigenvalue weighted by atomic mass is 32.2. The molecular formula is C45H67N9O2S3Si. The van der Waals surface area contributed by atoms with Crippen molar-refractivity contribution in [1.82, 2.24) is 30.7 Å². The molecule has 60 heavy (non-hydrogen) atoms. The molecule has 0 saturated carbocycles. The van der Waals surface area contributed by atoms with Gasteiger partial charge in [0.2, 0.25) is 0 Å². The summed E-state index contributed by atoms with van der Waals surface area (Å²) < 4.78 is 7.31. The van der Waals surface area contributed by atoms with Crippen molar-refractivity contribution in [2.24, 2.45) is 15.0 Å². The summed E-state index contributed by atoms with van der Waals surface area (Å²) in [6.07, 6.45) is 6.65. The number of fused-ring (bicyclic) bond motifs is 3. The molecule has 8 rings (SSSR count). The molecule has 2 aromatic rings. The van der Waals surface area contributed by atoms with Gasteiger partial charge >= 0.3 is 0 Å². The van der Waals surface area contributed by atoms with Crippen molar-refractivity contribution < 1.29 is 9.22 Å². The van der Waals surface area contributed by atoms with Crippen LogP contribution in [0.2, 0.25) is 5.04 Å². The third-order valence-electron chi connectivity index (χ3n) is 12.9.